The number of hydrogen-bond donors (Lipinski definition) is 1. The molecular weight excluding hydrogens is 508 g/mol. The van der Waals surface area contributed by atoms with E-state index < -0.39 is 40.6 Å². The maximum atomic E-state index is 14.7. The van der Waals surface area contributed by atoms with Crippen LogP contribution in [0.3, 0.4) is 0 Å². The highest BCUT2D eigenvalue weighted by Crippen LogP contribution is 2.63. The Morgan fingerprint density at radius 1 is 1.12 bits per heavy atom. The molecule has 3 rings (SSSR count). The largest absolute Gasteiger partial charge is 0.465 e. The first-order chi connectivity index (χ1) is 18.7. The maximum Gasteiger partial charge on any atom is 0.312 e. The predicted molar refractivity (Wildman–Crippen MR) is 155 cm³/mol. The van der Waals surface area contributed by atoms with Gasteiger partial charge in [-0.25, -0.2) is 0 Å². The maximum absolute atomic E-state index is 14.7. The first kappa shape index (κ1) is 32.3. The predicted octanol–water partition coefficient (Wildman–Crippen LogP) is 4.65. The Labute approximate surface area is 241 Å². The van der Waals surface area contributed by atoms with Gasteiger partial charge in [-0.3, -0.25) is 14.4 Å². The Morgan fingerprint density at radius 2 is 1.82 bits per heavy atom. The van der Waals surface area contributed by atoms with Gasteiger partial charge in [0.1, 0.15) is 17.6 Å². The monoisotopic (exact) mass is 560 g/mol. The van der Waals surface area contributed by atoms with Crippen molar-refractivity contribution in [1.82, 2.24) is 9.80 Å². The molecule has 3 heterocycles. The number of amides is 2. The molecule has 1 spiro atoms. The van der Waals surface area contributed by atoms with Crippen molar-refractivity contribution in [1.29, 1.82) is 0 Å². The lowest BCUT2D eigenvalue weighted by Crippen LogP contribution is -2.61. The van der Waals surface area contributed by atoms with Crippen LogP contribution in [0.25, 0.3) is 0 Å². The molecule has 8 heteroatoms. The average Bonchev–Trinajstić information content (AvgIpc) is 3.41. The third-order valence-corrected chi connectivity index (χ3v) is 8.89. The standard InChI is InChI=1S/C32H52N2O6/c1-9-11-12-15-21-39-28(38)24-23-26(36)33(19-13-14-20-35)25(32(23)17-16-31(24,8)40-32)27(37)34(18-10-2)30(6,7)22-29(3,4)5/h9-10,23-25,35H,1-2,11-22H2,3-8H3/t23-,24-,25?,31+,32?/m0/s1. The number of fused-ring (bicyclic) bond motifs is 1. The summed E-state index contributed by atoms with van der Waals surface area (Å²) in [6, 6.07) is -0.852. The van der Waals surface area contributed by atoms with Crippen LogP contribution in [0.5, 0.6) is 0 Å². The zero-order valence-electron chi connectivity index (χ0n) is 25.7. The zero-order valence-corrected chi connectivity index (χ0v) is 25.7. The Kier molecular flexibility index (Phi) is 9.99. The summed E-state index contributed by atoms with van der Waals surface area (Å²) in [6.45, 7) is 21.0. The summed E-state index contributed by atoms with van der Waals surface area (Å²) < 4.78 is 12.4. The smallest absolute Gasteiger partial charge is 0.312 e. The fourth-order valence-electron chi connectivity index (χ4n) is 7.66. The van der Waals surface area contributed by atoms with Gasteiger partial charge >= 0.3 is 5.97 Å². The van der Waals surface area contributed by atoms with Crippen LogP contribution in [0.4, 0.5) is 0 Å². The number of likely N-dealkylation sites (tertiary alicyclic amines) is 1. The van der Waals surface area contributed by atoms with Crippen LogP contribution in [-0.4, -0.2) is 81.8 Å². The molecule has 0 aliphatic carbocycles. The number of nitrogens with zero attached hydrogens (tertiary/aromatic N) is 2. The van der Waals surface area contributed by atoms with E-state index in [9.17, 15) is 19.5 Å². The van der Waals surface area contributed by atoms with Crippen LogP contribution in [-0.2, 0) is 23.9 Å². The summed E-state index contributed by atoms with van der Waals surface area (Å²) in [5.41, 5.74) is -2.50. The fraction of sp³-hybridized carbons (Fsp3) is 0.781. The Balaban J connectivity index is 1.99. The molecule has 8 nitrogen and oxygen atoms in total. The molecule has 3 saturated heterocycles. The molecule has 226 valence electrons. The number of aliphatic hydroxyl groups excluding tert-OH is 1. The average molecular weight is 561 g/mol. The van der Waals surface area contributed by atoms with Crippen molar-refractivity contribution < 1.29 is 29.0 Å². The molecule has 1 N–H and O–H groups in total. The number of aliphatic hydroxyl groups is 1. The topological polar surface area (TPSA) is 96.4 Å². The Bertz CT molecular complexity index is 971. The lowest BCUT2D eigenvalue weighted by molar-refractivity contribution is -0.161. The second-order valence-corrected chi connectivity index (χ2v) is 13.9. The zero-order chi connectivity index (χ0) is 29.9. The number of rotatable bonds is 15. The molecule has 0 aromatic carbocycles. The number of unbranched alkanes of at least 4 members (excludes halogenated alkanes) is 3. The second kappa shape index (κ2) is 12.4. The van der Waals surface area contributed by atoms with Crippen molar-refractivity contribution in [3.63, 3.8) is 0 Å². The Morgan fingerprint density at radius 3 is 2.42 bits per heavy atom. The van der Waals surface area contributed by atoms with E-state index in [0.717, 1.165) is 25.7 Å². The van der Waals surface area contributed by atoms with Crippen molar-refractivity contribution in [2.45, 2.75) is 116 Å². The molecule has 0 radical (unpaired) electrons. The molecule has 0 aromatic heterocycles. The van der Waals surface area contributed by atoms with Crippen molar-refractivity contribution >= 4 is 17.8 Å². The fourth-order valence-corrected chi connectivity index (χ4v) is 7.66. The summed E-state index contributed by atoms with van der Waals surface area (Å²) in [5.74, 6) is -2.34. The molecular formula is C32H52N2O6. The van der Waals surface area contributed by atoms with Crippen LogP contribution < -0.4 is 0 Å². The van der Waals surface area contributed by atoms with Gasteiger partial charge in [0.25, 0.3) is 0 Å². The number of allylic oxidation sites excluding steroid dienone is 1. The molecule has 0 aromatic rings. The van der Waals surface area contributed by atoms with E-state index in [2.05, 4.69) is 47.8 Å². The number of esters is 1. The number of hydrogen-bond acceptors (Lipinski definition) is 6. The van der Waals surface area contributed by atoms with Crippen molar-refractivity contribution in [3.8, 4) is 0 Å². The van der Waals surface area contributed by atoms with Crippen molar-refractivity contribution in [2.24, 2.45) is 17.3 Å². The van der Waals surface area contributed by atoms with Crippen molar-refractivity contribution in [2.75, 3.05) is 26.3 Å². The number of carbonyl (C=O) groups is 3. The van der Waals surface area contributed by atoms with E-state index in [0.29, 0.717) is 38.8 Å². The molecule has 3 aliphatic heterocycles. The van der Waals surface area contributed by atoms with E-state index in [1.807, 2.05) is 17.9 Å². The third-order valence-electron chi connectivity index (χ3n) is 8.89. The molecule has 2 unspecified atom stereocenters. The van der Waals surface area contributed by atoms with Crippen LogP contribution in [0.1, 0.15) is 92.9 Å². The van der Waals surface area contributed by atoms with Gasteiger partial charge in [-0.1, -0.05) is 32.9 Å². The lowest BCUT2D eigenvalue weighted by atomic mass is 9.66. The van der Waals surface area contributed by atoms with Crippen LogP contribution in [0.2, 0.25) is 0 Å². The van der Waals surface area contributed by atoms with E-state index in [1.54, 1.807) is 11.0 Å². The van der Waals surface area contributed by atoms with E-state index in [-0.39, 0.29) is 30.4 Å². The molecule has 0 saturated carbocycles. The van der Waals surface area contributed by atoms with E-state index >= 15 is 0 Å². The molecule has 3 fully saturated rings. The quantitative estimate of drug-likeness (QED) is 0.178. The van der Waals surface area contributed by atoms with Gasteiger partial charge in [0, 0.05) is 25.2 Å². The highest BCUT2D eigenvalue weighted by atomic mass is 16.6. The highest BCUT2D eigenvalue weighted by Gasteiger charge is 2.78. The first-order valence-corrected chi connectivity index (χ1v) is 15.0. The molecule has 3 aliphatic rings. The summed E-state index contributed by atoms with van der Waals surface area (Å²) in [4.78, 5) is 45.8. The lowest BCUT2D eigenvalue weighted by Gasteiger charge is -2.45. The van der Waals surface area contributed by atoms with Gasteiger partial charge in [0.2, 0.25) is 11.8 Å². The van der Waals surface area contributed by atoms with Gasteiger partial charge in [-0.2, -0.15) is 0 Å². The van der Waals surface area contributed by atoms with Gasteiger partial charge in [0.05, 0.1) is 18.1 Å². The minimum Gasteiger partial charge on any atom is -0.465 e. The van der Waals surface area contributed by atoms with Gasteiger partial charge in [-0.15, -0.1) is 13.2 Å². The minimum atomic E-state index is -1.09. The SMILES string of the molecule is C=CCCCCOC(=O)[C@@H]1[C@H]2C(=O)N(CCCCO)C(C(=O)N(CC=C)C(C)(C)CC(C)(C)C)C23CC[C@@]1(C)O3. The summed E-state index contributed by atoms with van der Waals surface area (Å²) in [6.07, 6.45) is 8.94. The second-order valence-electron chi connectivity index (χ2n) is 13.9. The molecule has 40 heavy (non-hydrogen) atoms. The van der Waals surface area contributed by atoms with Crippen LogP contribution >= 0.6 is 0 Å². The summed E-state index contributed by atoms with van der Waals surface area (Å²) in [7, 11) is 0. The molecule has 2 bridgehead atoms. The highest BCUT2D eigenvalue weighted by molar-refractivity contribution is 5.98. The van der Waals surface area contributed by atoms with Gasteiger partial charge < -0.3 is 24.4 Å². The Hall–Kier alpha value is -2.19. The van der Waals surface area contributed by atoms with E-state index in [1.165, 1.54) is 0 Å². The van der Waals surface area contributed by atoms with E-state index in [4.69, 9.17) is 9.47 Å². The normalized spacial score (nSPS) is 29.4. The minimum absolute atomic E-state index is 0.00575. The molecule has 2 amide bonds. The van der Waals surface area contributed by atoms with Crippen molar-refractivity contribution in [3.05, 3.63) is 25.3 Å². The van der Waals surface area contributed by atoms with Gasteiger partial charge in [-0.05, 0) is 77.6 Å². The summed E-state index contributed by atoms with van der Waals surface area (Å²) >= 11 is 0. The summed E-state index contributed by atoms with van der Waals surface area (Å²) in [5, 5.41) is 9.42. The van der Waals surface area contributed by atoms with Crippen LogP contribution in [0, 0.1) is 17.3 Å². The number of ether oxygens (including phenoxy) is 2. The third kappa shape index (κ3) is 6.18. The van der Waals surface area contributed by atoms with Crippen LogP contribution in [0.15, 0.2) is 25.3 Å². The number of carbonyl (C=O) groups excluding carboxylic acids is 3. The molecule has 5 atom stereocenters. The first-order valence-electron chi connectivity index (χ1n) is 15.0. The van der Waals surface area contributed by atoms with Gasteiger partial charge in [0.15, 0.2) is 0 Å².